The lowest BCUT2D eigenvalue weighted by Crippen LogP contribution is -2.45. The van der Waals surface area contributed by atoms with Crippen molar-refractivity contribution in [3.63, 3.8) is 0 Å². The molecule has 0 aromatic heterocycles. The maximum Gasteiger partial charge on any atom is 0.129 e. The van der Waals surface area contributed by atoms with Crippen LogP contribution in [-0.4, -0.2) is 30.1 Å². The molecule has 1 saturated heterocycles. The molecule has 1 aliphatic heterocycles. The number of nitrogens with one attached hydrogen (secondary N) is 1. The topological polar surface area (TPSA) is 39.1 Å². The first-order valence-electron chi connectivity index (χ1n) is 7.92. The van der Waals surface area contributed by atoms with Gasteiger partial charge in [-0.1, -0.05) is 12.5 Å². The van der Waals surface area contributed by atoms with Gasteiger partial charge in [-0.3, -0.25) is 4.90 Å². The van der Waals surface area contributed by atoms with Crippen LogP contribution < -0.4 is 5.32 Å². The first-order valence-corrected chi connectivity index (χ1v) is 7.92. The second kappa shape index (κ2) is 6.55. The molecule has 0 amide bonds. The van der Waals surface area contributed by atoms with Crippen LogP contribution in [-0.2, 0) is 6.54 Å². The Morgan fingerprint density at radius 1 is 1.29 bits per heavy atom. The van der Waals surface area contributed by atoms with Gasteiger partial charge in [0.15, 0.2) is 0 Å². The van der Waals surface area contributed by atoms with Gasteiger partial charge in [-0.15, -0.1) is 0 Å². The lowest BCUT2D eigenvalue weighted by molar-refractivity contribution is 0.135. The number of hydrogen-bond acceptors (Lipinski definition) is 3. The van der Waals surface area contributed by atoms with E-state index in [9.17, 15) is 4.39 Å². The van der Waals surface area contributed by atoms with E-state index >= 15 is 0 Å². The Labute approximate surface area is 125 Å². The van der Waals surface area contributed by atoms with Gasteiger partial charge in [0.25, 0.3) is 0 Å². The molecule has 3 rings (SSSR count). The summed E-state index contributed by atoms with van der Waals surface area (Å²) in [5.74, 6) is -0.256. The number of rotatable bonds is 5. The van der Waals surface area contributed by atoms with E-state index in [1.165, 1.54) is 38.2 Å². The van der Waals surface area contributed by atoms with E-state index in [-0.39, 0.29) is 5.82 Å². The van der Waals surface area contributed by atoms with Gasteiger partial charge in [0.2, 0.25) is 0 Å². The zero-order valence-electron chi connectivity index (χ0n) is 12.3. The van der Waals surface area contributed by atoms with Crippen LogP contribution in [0.15, 0.2) is 18.2 Å². The predicted octanol–water partition coefficient (Wildman–Crippen LogP) is 2.80. The van der Waals surface area contributed by atoms with Crippen LogP contribution >= 0.6 is 0 Å². The number of likely N-dealkylation sites (tertiary alicyclic amines) is 1. The molecule has 21 heavy (non-hydrogen) atoms. The second-order valence-electron chi connectivity index (χ2n) is 6.22. The van der Waals surface area contributed by atoms with Gasteiger partial charge in [0.1, 0.15) is 5.82 Å². The van der Waals surface area contributed by atoms with Crippen LogP contribution in [0.25, 0.3) is 0 Å². The Morgan fingerprint density at radius 3 is 2.86 bits per heavy atom. The zero-order chi connectivity index (χ0) is 14.7. The van der Waals surface area contributed by atoms with Gasteiger partial charge in [-0.25, -0.2) is 4.39 Å². The highest BCUT2D eigenvalue weighted by atomic mass is 19.1. The monoisotopic (exact) mass is 287 g/mol. The molecule has 3 nitrogen and oxygen atoms in total. The van der Waals surface area contributed by atoms with E-state index in [4.69, 9.17) is 5.26 Å². The standard InChI is InChI=1S/C17H22FN3/c18-17-9-13(10-19)4-5-14(17)12-21-8-2-1-3-16(21)11-20-15-6-7-15/h4-5,9,15-16,20H,1-3,6-8,11-12H2. The first-order chi connectivity index (χ1) is 10.3. The Balaban J connectivity index is 1.64. The highest BCUT2D eigenvalue weighted by molar-refractivity contribution is 5.32. The van der Waals surface area contributed by atoms with Crippen molar-refractivity contribution in [2.45, 2.75) is 50.7 Å². The SMILES string of the molecule is N#Cc1ccc(CN2CCCCC2CNC2CC2)c(F)c1. The van der Waals surface area contributed by atoms with Crippen molar-refractivity contribution < 1.29 is 4.39 Å². The number of piperidine rings is 1. The second-order valence-corrected chi connectivity index (χ2v) is 6.22. The van der Waals surface area contributed by atoms with Gasteiger partial charge >= 0.3 is 0 Å². The minimum Gasteiger partial charge on any atom is -0.312 e. The smallest absolute Gasteiger partial charge is 0.129 e. The fraction of sp³-hybridized carbons (Fsp3) is 0.588. The van der Waals surface area contributed by atoms with Crippen LogP contribution in [0, 0.1) is 17.1 Å². The van der Waals surface area contributed by atoms with Crippen molar-refractivity contribution in [3.8, 4) is 6.07 Å². The minimum atomic E-state index is -0.256. The van der Waals surface area contributed by atoms with E-state index in [2.05, 4.69) is 10.2 Å². The molecule has 1 aromatic rings. The van der Waals surface area contributed by atoms with Crippen molar-refractivity contribution in [1.29, 1.82) is 5.26 Å². The maximum atomic E-state index is 14.0. The molecule has 1 saturated carbocycles. The first kappa shape index (κ1) is 14.5. The molecule has 2 fully saturated rings. The number of benzene rings is 1. The third-order valence-corrected chi connectivity index (χ3v) is 4.52. The summed E-state index contributed by atoms with van der Waals surface area (Å²) in [4.78, 5) is 2.39. The lowest BCUT2D eigenvalue weighted by atomic mass is 10.0. The average molecular weight is 287 g/mol. The third-order valence-electron chi connectivity index (χ3n) is 4.52. The Kier molecular flexibility index (Phi) is 4.52. The summed E-state index contributed by atoms with van der Waals surface area (Å²) in [6.07, 6.45) is 6.26. The molecule has 2 aliphatic rings. The van der Waals surface area contributed by atoms with Gasteiger partial charge in [0.05, 0.1) is 11.6 Å². The zero-order valence-corrected chi connectivity index (χ0v) is 12.3. The highest BCUT2D eigenvalue weighted by Crippen LogP contribution is 2.23. The summed E-state index contributed by atoms with van der Waals surface area (Å²) in [6.45, 7) is 2.70. The summed E-state index contributed by atoms with van der Waals surface area (Å²) in [5.41, 5.74) is 1.09. The number of nitrogens with zero attached hydrogens (tertiary/aromatic N) is 2. The highest BCUT2D eigenvalue weighted by Gasteiger charge is 2.26. The molecule has 0 bridgehead atoms. The third kappa shape index (κ3) is 3.81. The Bertz CT molecular complexity index is 533. The fourth-order valence-corrected chi connectivity index (χ4v) is 3.05. The van der Waals surface area contributed by atoms with Crippen molar-refractivity contribution in [2.75, 3.05) is 13.1 Å². The average Bonchev–Trinajstić information content (AvgIpc) is 3.32. The summed E-state index contributed by atoms with van der Waals surface area (Å²) < 4.78 is 14.0. The Morgan fingerprint density at radius 2 is 2.14 bits per heavy atom. The molecule has 4 heteroatoms. The van der Waals surface area contributed by atoms with Gasteiger partial charge < -0.3 is 5.32 Å². The number of halogens is 1. The van der Waals surface area contributed by atoms with E-state index in [1.54, 1.807) is 12.1 Å². The molecule has 0 radical (unpaired) electrons. The molecule has 1 atom stereocenters. The summed E-state index contributed by atoms with van der Waals surface area (Å²) in [5, 5.41) is 12.4. The normalized spacial score (nSPS) is 23.0. The molecule has 1 aliphatic carbocycles. The largest absolute Gasteiger partial charge is 0.312 e. The molecule has 1 unspecified atom stereocenters. The molecular weight excluding hydrogens is 265 g/mol. The van der Waals surface area contributed by atoms with Crippen molar-refractivity contribution >= 4 is 0 Å². The van der Waals surface area contributed by atoms with Crippen LogP contribution in [0.5, 0.6) is 0 Å². The van der Waals surface area contributed by atoms with Crippen LogP contribution in [0.4, 0.5) is 4.39 Å². The molecule has 112 valence electrons. The number of hydrogen-bond donors (Lipinski definition) is 1. The van der Waals surface area contributed by atoms with E-state index < -0.39 is 0 Å². The van der Waals surface area contributed by atoms with Gasteiger partial charge in [-0.05, 0) is 44.4 Å². The van der Waals surface area contributed by atoms with Crippen molar-refractivity contribution in [3.05, 3.63) is 35.1 Å². The van der Waals surface area contributed by atoms with E-state index in [0.717, 1.165) is 19.1 Å². The minimum absolute atomic E-state index is 0.256. The summed E-state index contributed by atoms with van der Waals surface area (Å²) in [7, 11) is 0. The number of nitriles is 1. The summed E-state index contributed by atoms with van der Waals surface area (Å²) in [6, 6.07) is 8.02. The van der Waals surface area contributed by atoms with Crippen LogP contribution in [0.2, 0.25) is 0 Å². The molecule has 1 heterocycles. The van der Waals surface area contributed by atoms with E-state index in [0.29, 0.717) is 23.7 Å². The summed E-state index contributed by atoms with van der Waals surface area (Å²) >= 11 is 0. The quantitative estimate of drug-likeness (QED) is 0.905. The van der Waals surface area contributed by atoms with Crippen molar-refractivity contribution in [2.24, 2.45) is 0 Å². The van der Waals surface area contributed by atoms with Gasteiger partial charge in [-0.2, -0.15) is 5.26 Å². The molecular formula is C17H22FN3. The van der Waals surface area contributed by atoms with Crippen LogP contribution in [0.3, 0.4) is 0 Å². The molecule has 0 spiro atoms. The van der Waals surface area contributed by atoms with Crippen molar-refractivity contribution in [1.82, 2.24) is 10.2 Å². The predicted molar refractivity (Wildman–Crippen MR) is 80.2 cm³/mol. The molecule has 1 aromatic carbocycles. The van der Waals surface area contributed by atoms with E-state index in [1.807, 2.05) is 6.07 Å². The molecule has 1 N–H and O–H groups in total. The maximum absolute atomic E-state index is 14.0. The lowest BCUT2D eigenvalue weighted by Gasteiger charge is -2.36. The fourth-order valence-electron chi connectivity index (χ4n) is 3.05. The van der Waals surface area contributed by atoms with Crippen LogP contribution in [0.1, 0.15) is 43.2 Å². The van der Waals surface area contributed by atoms with Gasteiger partial charge in [0, 0.05) is 30.7 Å². The Hall–Kier alpha value is -1.44.